The Morgan fingerprint density at radius 1 is 1.33 bits per heavy atom. The summed E-state index contributed by atoms with van der Waals surface area (Å²) in [6, 6.07) is 6.73. The van der Waals surface area contributed by atoms with E-state index in [9.17, 15) is 4.79 Å². The molecule has 0 heterocycles. The maximum absolute atomic E-state index is 12.2. The van der Waals surface area contributed by atoms with Crippen LogP contribution >= 0.6 is 0 Å². The highest BCUT2D eigenvalue weighted by Gasteiger charge is 2.18. The van der Waals surface area contributed by atoms with Crippen LogP contribution in [0.4, 0.5) is 0 Å². The lowest BCUT2D eigenvalue weighted by atomic mass is 10.0. The predicted molar refractivity (Wildman–Crippen MR) is 71.0 cm³/mol. The Hall–Kier alpha value is -1.39. The lowest BCUT2D eigenvalue weighted by Gasteiger charge is -2.13. The Balaban J connectivity index is 2.77. The van der Waals surface area contributed by atoms with Gasteiger partial charge in [0.2, 0.25) is 0 Å². The molecular formula is C14H21NO3. The second kappa shape index (κ2) is 7.84. The van der Waals surface area contributed by atoms with Crippen LogP contribution in [0.5, 0.6) is 5.75 Å². The van der Waals surface area contributed by atoms with Crippen molar-refractivity contribution in [3.05, 3.63) is 29.8 Å². The summed E-state index contributed by atoms with van der Waals surface area (Å²) in [6.07, 6.45) is 1.57. The quantitative estimate of drug-likeness (QED) is 0.567. The number of carbonyl (C=O) groups excluding carboxylic acids is 1. The van der Waals surface area contributed by atoms with Gasteiger partial charge >= 0.3 is 0 Å². The van der Waals surface area contributed by atoms with Crippen molar-refractivity contribution in [1.82, 2.24) is 0 Å². The monoisotopic (exact) mass is 251 g/mol. The summed E-state index contributed by atoms with van der Waals surface area (Å²) in [5.74, 6) is 0.510. The van der Waals surface area contributed by atoms with Crippen LogP contribution in [0.1, 0.15) is 30.1 Å². The van der Waals surface area contributed by atoms with Crippen molar-refractivity contribution in [2.45, 2.75) is 25.8 Å². The molecule has 0 saturated carbocycles. The average Bonchev–Trinajstić information content (AvgIpc) is 2.39. The number of rotatable bonds is 8. The van der Waals surface area contributed by atoms with E-state index < -0.39 is 6.04 Å². The topological polar surface area (TPSA) is 61.6 Å². The van der Waals surface area contributed by atoms with E-state index in [1.807, 2.05) is 19.1 Å². The minimum Gasteiger partial charge on any atom is -0.490 e. The molecule has 0 radical (unpaired) electrons. The Bertz CT molecular complexity index is 379. The third kappa shape index (κ3) is 4.13. The van der Waals surface area contributed by atoms with Crippen molar-refractivity contribution in [3.8, 4) is 5.75 Å². The van der Waals surface area contributed by atoms with E-state index in [0.29, 0.717) is 30.9 Å². The lowest BCUT2D eigenvalue weighted by molar-refractivity contribution is 0.0949. The Morgan fingerprint density at radius 3 is 2.72 bits per heavy atom. The first-order chi connectivity index (χ1) is 8.70. The molecule has 0 aromatic heterocycles. The summed E-state index contributed by atoms with van der Waals surface area (Å²) in [5.41, 5.74) is 6.40. The Morgan fingerprint density at radius 2 is 2.06 bits per heavy atom. The molecule has 0 spiro atoms. The summed E-state index contributed by atoms with van der Waals surface area (Å²) < 4.78 is 10.4. The molecule has 100 valence electrons. The van der Waals surface area contributed by atoms with Gasteiger partial charge in [-0.2, -0.15) is 0 Å². The van der Waals surface area contributed by atoms with Gasteiger partial charge in [0.05, 0.1) is 18.2 Å². The van der Waals surface area contributed by atoms with Gasteiger partial charge in [-0.3, -0.25) is 4.79 Å². The summed E-state index contributed by atoms with van der Waals surface area (Å²) in [5, 5.41) is 0. The smallest absolute Gasteiger partial charge is 0.183 e. The van der Waals surface area contributed by atoms with Crippen LogP contribution in [-0.2, 0) is 4.74 Å². The van der Waals surface area contributed by atoms with Crippen LogP contribution in [-0.4, -0.2) is 32.1 Å². The van der Waals surface area contributed by atoms with Crippen LogP contribution in [0.15, 0.2) is 24.3 Å². The molecule has 0 aliphatic carbocycles. The SMILES string of the molecule is CCCC(N)C(=O)c1ccccc1OCCOC. The molecule has 4 heteroatoms. The number of carbonyl (C=O) groups is 1. The fourth-order valence-corrected chi connectivity index (χ4v) is 1.67. The average molecular weight is 251 g/mol. The molecule has 0 fully saturated rings. The van der Waals surface area contributed by atoms with E-state index in [2.05, 4.69) is 0 Å². The molecule has 1 atom stereocenters. The molecular weight excluding hydrogens is 230 g/mol. The minimum atomic E-state index is -0.456. The van der Waals surface area contributed by atoms with E-state index in [4.69, 9.17) is 15.2 Å². The highest BCUT2D eigenvalue weighted by Crippen LogP contribution is 2.20. The van der Waals surface area contributed by atoms with Crippen molar-refractivity contribution in [2.24, 2.45) is 5.73 Å². The van der Waals surface area contributed by atoms with Gasteiger partial charge in [-0.05, 0) is 18.6 Å². The number of hydrogen-bond donors (Lipinski definition) is 1. The zero-order valence-electron chi connectivity index (χ0n) is 11.0. The number of hydrogen-bond acceptors (Lipinski definition) is 4. The van der Waals surface area contributed by atoms with Crippen molar-refractivity contribution < 1.29 is 14.3 Å². The fraction of sp³-hybridized carbons (Fsp3) is 0.500. The van der Waals surface area contributed by atoms with Gasteiger partial charge < -0.3 is 15.2 Å². The molecule has 0 bridgehead atoms. The molecule has 2 N–H and O–H groups in total. The predicted octanol–water partition coefficient (Wildman–Crippen LogP) is 2.02. The standard InChI is InChI=1S/C14H21NO3/c1-3-6-12(15)14(16)11-7-4-5-8-13(11)18-10-9-17-2/h4-5,7-8,12H,3,6,9-10,15H2,1-2H3. The highest BCUT2D eigenvalue weighted by molar-refractivity contribution is 6.02. The Labute approximate surface area is 108 Å². The number of para-hydroxylation sites is 1. The van der Waals surface area contributed by atoms with Crippen molar-refractivity contribution in [2.75, 3.05) is 20.3 Å². The first-order valence-electron chi connectivity index (χ1n) is 6.21. The minimum absolute atomic E-state index is 0.0649. The van der Waals surface area contributed by atoms with E-state index in [1.54, 1.807) is 19.2 Å². The first kappa shape index (κ1) is 14.7. The van der Waals surface area contributed by atoms with Gasteiger partial charge in [0, 0.05) is 7.11 Å². The van der Waals surface area contributed by atoms with E-state index >= 15 is 0 Å². The van der Waals surface area contributed by atoms with Gasteiger partial charge in [0.25, 0.3) is 0 Å². The van der Waals surface area contributed by atoms with Gasteiger partial charge in [0.1, 0.15) is 12.4 Å². The number of benzene rings is 1. The van der Waals surface area contributed by atoms with Crippen LogP contribution < -0.4 is 10.5 Å². The summed E-state index contributed by atoms with van der Waals surface area (Å²) in [6.45, 7) is 2.92. The zero-order valence-corrected chi connectivity index (χ0v) is 11.0. The van der Waals surface area contributed by atoms with Crippen molar-refractivity contribution in [1.29, 1.82) is 0 Å². The summed E-state index contributed by atoms with van der Waals surface area (Å²) in [4.78, 5) is 12.2. The number of nitrogens with two attached hydrogens (primary N) is 1. The molecule has 4 nitrogen and oxygen atoms in total. The van der Waals surface area contributed by atoms with Crippen LogP contribution in [0, 0.1) is 0 Å². The third-order valence-electron chi connectivity index (χ3n) is 2.63. The zero-order chi connectivity index (χ0) is 13.4. The van der Waals surface area contributed by atoms with E-state index in [-0.39, 0.29) is 5.78 Å². The molecule has 0 saturated heterocycles. The molecule has 18 heavy (non-hydrogen) atoms. The molecule has 0 aliphatic rings. The largest absolute Gasteiger partial charge is 0.490 e. The molecule has 0 amide bonds. The fourth-order valence-electron chi connectivity index (χ4n) is 1.67. The van der Waals surface area contributed by atoms with Crippen molar-refractivity contribution in [3.63, 3.8) is 0 Å². The number of Topliss-reactive ketones (excluding diaryl/α,β-unsaturated/α-hetero) is 1. The highest BCUT2D eigenvalue weighted by atomic mass is 16.5. The van der Waals surface area contributed by atoms with Crippen LogP contribution in [0.3, 0.4) is 0 Å². The van der Waals surface area contributed by atoms with Gasteiger partial charge in [-0.25, -0.2) is 0 Å². The number of methoxy groups -OCH3 is 1. The summed E-state index contributed by atoms with van der Waals surface area (Å²) >= 11 is 0. The molecule has 1 aromatic carbocycles. The second-order valence-corrected chi connectivity index (χ2v) is 4.10. The maximum atomic E-state index is 12.2. The van der Waals surface area contributed by atoms with Crippen LogP contribution in [0.2, 0.25) is 0 Å². The maximum Gasteiger partial charge on any atom is 0.183 e. The van der Waals surface area contributed by atoms with Gasteiger partial charge in [0.15, 0.2) is 5.78 Å². The van der Waals surface area contributed by atoms with E-state index in [1.165, 1.54) is 0 Å². The second-order valence-electron chi connectivity index (χ2n) is 4.10. The molecule has 1 aromatic rings. The normalized spacial score (nSPS) is 12.2. The van der Waals surface area contributed by atoms with Crippen molar-refractivity contribution >= 4 is 5.78 Å². The lowest BCUT2D eigenvalue weighted by Crippen LogP contribution is -2.30. The number of ether oxygens (including phenoxy) is 2. The molecule has 1 unspecified atom stereocenters. The van der Waals surface area contributed by atoms with E-state index in [0.717, 1.165) is 6.42 Å². The summed E-state index contributed by atoms with van der Waals surface area (Å²) in [7, 11) is 1.61. The van der Waals surface area contributed by atoms with Crippen LogP contribution in [0.25, 0.3) is 0 Å². The van der Waals surface area contributed by atoms with Gasteiger partial charge in [-0.15, -0.1) is 0 Å². The molecule has 1 rings (SSSR count). The Kier molecular flexibility index (Phi) is 6.39. The third-order valence-corrected chi connectivity index (χ3v) is 2.63. The number of ketones is 1. The first-order valence-corrected chi connectivity index (χ1v) is 6.21. The van der Waals surface area contributed by atoms with Gasteiger partial charge in [-0.1, -0.05) is 25.5 Å². The molecule has 0 aliphatic heterocycles.